The highest BCUT2D eigenvalue weighted by Crippen LogP contribution is 2.18. The zero-order chi connectivity index (χ0) is 22.0. The Kier molecular flexibility index (Phi) is 9.65. The average Bonchev–Trinajstić information content (AvgIpc) is 3.35. The minimum atomic E-state index is -0.575. The fourth-order valence-corrected chi connectivity index (χ4v) is 4.19. The van der Waals surface area contributed by atoms with Crippen molar-refractivity contribution in [3.05, 3.63) is 44.8 Å². The Balaban J connectivity index is 1.97. The molecule has 0 saturated carbocycles. The smallest absolute Gasteiger partial charge is 0.410 e. The van der Waals surface area contributed by atoms with Crippen molar-refractivity contribution in [2.24, 2.45) is 0 Å². The Labute approximate surface area is 187 Å². The number of hydrogen-bond acceptors (Lipinski definition) is 6. The number of unbranched alkanes of at least 4 members (excludes halogenated alkanes) is 1. The molecule has 0 aliphatic heterocycles. The summed E-state index contributed by atoms with van der Waals surface area (Å²) in [5.41, 5.74) is -0.575. The number of thiophene rings is 2. The van der Waals surface area contributed by atoms with Crippen molar-refractivity contribution in [1.82, 2.24) is 10.2 Å². The van der Waals surface area contributed by atoms with Crippen LogP contribution in [0.5, 0.6) is 0 Å². The van der Waals surface area contributed by atoms with Gasteiger partial charge in [-0.3, -0.25) is 4.90 Å². The van der Waals surface area contributed by atoms with E-state index < -0.39 is 11.7 Å². The molecule has 2 rings (SSSR count). The summed E-state index contributed by atoms with van der Waals surface area (Å²) < 4.78 is 11.0. The number of carbonyl (C=O) groups is 2. The fraction of sp³-hybridized carbons (Fsp3) is 0.545. The lowest BCUT2D eigenvalue weighted by Gasteiger charge is -2.25. The molecule has 2 aromatic rings. The maximum absolute atomic E-state index is 12.9. The van der Waals surface area contributed by atoms with Crippen molar-refractivity contribution in [2.45, 2.75) is 71.7 Å². The van der Waals surface area contributed by atoms with E-state index >= 15 is 0 Å². The molecule has 2 heterocycles. The van der Waals surface area contributed by atoms with Gasteiger partial charge in [0.05, 0.1) is 19.1 Å². The molecular weight excluding hydrogens is 420 g/mol. The lowest BCUT2D eigenvalue weighted by Crippen LogP contribution is -2.43. The van der Waals surface area contributed by atoms with Crippen LogP contribution in [0.4, 0.5) is 9.59 Å². The van der Waals surface area contributed by atoms with Crippen molar-refractivity contribution < 1.29 is 19.1 Å². The van der Waals surface area contributed by atoms with E-state index in [4.69, 9.17) is 9.47 Å². The Morgan fingerprint density at radius 3 is 2.17 bits per heavy atom. The first-order valence-corrected chi connectivity index (χ1v) is 12.0. The molecule has 0 aliphatic rings. The lowest BCUT2D eigenvalue weighted by atomic mass is 10.1. The summed E-state index contributed by atoms with van der Waals surface area (Å²) in [6.45, 7) is 8.65. The van der Waals surface area contributed by atoms with Gasteiger partial charge in [0.15, 0.2) is 0 Å². The Bertz CT molecular complexity index is 718. The highest BCUT2D eigenvalue weighted by Gasteiger charge is 2.22. The molecule has 1 N–H and O–H groups in total. The van der Waals surface area contributed by atoms with Crippen molar-refractivity contribution >= 4 is 34.9 Å². The van der Waals surface area contributed by atoms with Crippen LogP contribution in [-0.4, -0.2) is 35.3 Å². The molecule has 0 bridgehead atoms. The predicted octanol–water partition coefficient (Wildman–Crippen LogP) is 6.03. The quantitative estimate of drug-likeness (QED) is 0.478. The molecule has 0 radical (unpaired) electrons. The summed E-state index contributed by atoms with van der Waals surface area (Å²) in [6, 6.07) is 7.68. The van der Waals surface area contributed by atoms with Crippen molar-refractivity contribution in [2.75, 3.05) is 6.61 Å². The summed E-state index contributed by atoms with van der Waals surface area (Å²) in [5, 5.41) is 6.83. The zero-order valence-corrected chi connectivity index (χ0v) is 19.8. The highest BCUT2D eigenvalue weighted by molar-refractivity contribution is 7.10. The van der Waals surface area contributed by atoms with Crippen LogP contribution in [-0.2, 0) is 22.6 Å². The van der Waals surface area contributed by atoms with Crippen LogP contribution < -0.4 is 5.32 Å². The number of carbonyl (C=O) groups excluding carboxylic acids is 2. The number of ether oxygens (including phenoxy) is 2. The highest BCUT2D eigenvalue weighted by atomic mass is 32.1. The van der Waals surface area contributed by atoms with E-state index in [1.807, 2.05) is 55.8 Å². The van der Waals surface area contributed by atoms with Crippen molar-refractivity contribution in [3.8, 4) is 0 Å². The first-order chi connectivity index (χ1) is 14.3. The van der Waals surface area contributed by atoms with Crippen LogP contribution in [0.15, 0.2) is 35.0 Å². The van der Waals surface area contributed by atoms with Gasteiger partial charge in [-0.25, -0.2) is 9.59 Å². The molecule has 166 valence electrons. The predicted molar refractivity (Wildman–Crippen MR) is 122 cm³/mol. The van der Waals surface area contributed by atoms with Gasteiger partial charge in [0, 0.05) is 9.75 Å². The maximum atomic E-state index is 12.9. The molecule has 1 unspecified atom stereocenters. The van der Waals surface area contributed by atoms with E-state index in [1.165, 1.54) is 0 Å². The Morgan fingerprint density at radius 2 is 1.70 bits per heavy atom. The van der Waals surface area contributed by atoms with Crippen LogP contribution in [0.2, 0.25) is 0 Å². The third-order valence-electron chi connectivity index (χ3n) is 4.15. The van der Waals surface area contributed by atoms with Crippen molar-refractivity contribution in [1.29, 1.82) is 0 Å². The van der Waals surface area contributed by atoms with E-state index in [0.29, 0.717) is 13.1 Å². The molecule has 0 saturated heterocycles. The second kappa shape index (κ2) is 12.0. The summed E-state index contributed by atoms with van der Waals surface area (Å²) >= 11 is 3.22. The van der Waals surface area contributed by atoms with Gasteiger partial charge in [0.1, 0.15) is 12.2 Å². The number of alkyl carbamates (subject to hydrolysis) is 1. The molecule has 0 aliphatic carbocycles. The fourth-order valence-electron chi connectivity index (χ4n) is 2.75. The third kappa shape index (κ3) is 9.17. The van der Waals surface area contributed by atoms with Gasteiger partial charge in [-0.2, -0.15) is 0 Å². The lowest BCUT2D eigenvalue weighted by molar-refractivity contribution is 0.0443. The number of hydrogen-bond donors (Lipinski definition) is 1. The summed E-state index contributed by atoms with van der Waals surface area (Å²) in [7, 11) is 0. The summed E-state index contributed by atoms with van der Waals surface area (Å²) in [4.78, 5) is 28.9. The summed E-state index contributed by atoms with van der Waals surface area (Å²) in [5.74, 6) is 0. The normalized spacial score (nSPS) is 12.3. The minimum Gasteiger partial charge on any atom is -0.447 e. The number of nitrogens with one attached hydrogen (secondary N) is 1. The van der Waals surface area contributed by atoms with Crippen LogP contribution in [0, 0.1) is 0 Å². The summed E-state index contributed by atoms with van der Waals surface area (Å²) in [6.07, 6.45) is 1.76. The van der Waals surface area contributed by atoms with Crippen LogP contribution in [0.25, 0.3) is 0 Å². The Hall–Kier alpha value is -2.06. The number of rotatable bonds is 10. The van der Waals surface area contributed by atoms with Crippen LogP contribution in [0.1, 0.15) is 56.7 Å². The first kappa shape index (κ1) is 24.2. The molecule has 6 nitrogen and oxygen atoms in total. The van der Waals surface area contributed by atoms with E-state index in [-0.39, 0.29) is 18.7 Å². The van der Waals surface area contributed by atoms with Crippen LogP contribution >= 0.6 is 22.7 Å². The zero-order valence-electron chi connectivity index (χ0n) is 18.2. The van der Waals surface area contributed by atoms with Gasteiger partial charge in [0.2, 0.25) is 0 Å². The standard InChI is InChI=1S/C22H32N2O4S2/c1-5-6-9-17(23-20(25)28-22(2,3)4)16-27-21(26)24(14-18-10-7-12-29-18)15-19-11-8-13-30-19/h7-8,10-13,17H,5-6,9,14-16H2,1-4H3,(H,23,25). The monoisotopic (exact) mass is 452 g/mol. The topological polar surface area (TPSA) is 67.9 Å². The Morgan fingerprint density at radius 1 is 1.10 bits per heavy atom. The van der Waals surface area contributed by atoms with E-state index in [2.05, 4.69) is 12.2 Å². The molecule has 0 aromatic carbocycles. The second-order valence-electron chi connectivity index (χ2n) is 8.08. The minimum absolute atomic E-state index is 0.115. The first-order valence-electron chi connectivity index (χ1n) is 10.2. The SMILES string of the molecule is CCCCC(COC(=O)N(Cc1cccs1)Cc1cccs1)NC(=O)OC(C)(C)C. The van der Waals surface area contributed by atoms with E-state index in [9.17, 15) is 9.59 Å². The molecule has 30 heavy (non-hydrogen) atoms. The third-order valence-corrected chi connectivity index (χ3v) is 5.87. The number of amides is 2. The molecule has 2 amide bonds. The van der Waals surface area contributed by atoms with Gasteiger partial charge in [-0.05, 0) is 50.1 Å². The molecule has 2 aromatic heterocycles. The molecule has 0 spiro atoms. The van der Waals surface area contributed by atoms with Gasteiger partial charge in [0.25, 0.3) is 0 Å². The molecular formula is C22H32N2O4S2. The number of nitrogens with zero attached hydrogens (tertiary/aromatic N) is 1. The largest absolute Gasteiger partial charge is 0.447 e. The van der Waals surface area contributed by atoms with E-state index in [0.717, 1.165) is 29.0 Å². The van der Waals surface area contributed by atoms with Crippen LogP contribution in [0.3, 0.4) is 0 Å². The van der Waals surface area contributed by atoms with Gasteiger partial charge >= 0.3 is 12.2 Å². The second-order valence-corrected chi connectivity index (χ2v) is 10.1. The average molecular weight is 453 g/mol. The maximum Gasteiger partial charge on any atom is 0.410 e. The van der Waals surface area contributed by atoms with Crippen molar-refractivity contribution in [3.63, 3.8) is 0 Å². The molecule has 8 heteroatoms. The van der Waals surface area contributed by atoms with Gasteiger partial charge in [-0.15, -0.1) is 22.7 Å². The van der Waals surface area contributed by atoms with Gasteiger partial charge in [-0.1, -0.05) is 31.9 Å². The van der Waals surface area contributed by atoms with Gasteiger partial charge < -0.3 is 14.8 Å². The van der Waals surface area contributed by atoms with E-state index in [1.54, 1.807) is 27.6 Å². The molecule has 0 fully saturated rings. The molecule has 1 atom stereocenters.